The maximum Gasteiger partial charge on any atom is 0.257 e. The van der Waals surface area contributed by atoms with Crippen molar-refractivity contribution in [1.82, 2.24) is 4.98 Å². The largest absolute Gasteiger partial charge is 0.491 e. The van der Waals surface area contributed by atoms with Crippen LogP contribution in [0.4, 0.5) is 5.69 Å². The second-order valence-electron chi connectivity index (χ2n) is 4.29. The highest BCUT2D eigenvalue weighted by Gasteiger charge is 2.14. The molecule has 0 saturated heterocycles. The van der Waals surface area contributed by atoms with Crippen LogP contribution in [-0.2, 0) is 0 Å². The zero-order chi connectivity index (χ0) is 15.2. The molecule has 1 aromatic carbocycles. The number of nitrogens with one attached hydrogen (secondary N) is 1. The summed E-state index contributed by atoms with van der Waals surface area (Å²) in [6.45, 7) is 2.61. The Kier molecular flexibility index (Phi) is 5.59. The van der Waals surface area contributed by atoms with E-state index in [2.05, 4.69) is 26.2 Å². The maximum atomic E-state index is 12.3. The van der Waals surface area contributed by atoms with E-state index in [0.29, 0.717) is 33.2 Å². The summed E-state index contributed by atoms with van der Waals surface area (Å²) >= 11 is 9.23. The Bertz CT molecular complexity index is 649. The van der Waals surface area contributed by atoms with Gasteiger partial charge in [-0.3, -0.25) is 4.79 Å². The van der Waals surface area contributed by atoms with Crippen LogP contribution in [0.25, 0.3) is 0 Å². The van der Waals surface area contributed by atoms with E-state index in [1.807, 2.05) is 25.1 Å². The van der Waals surface area contributed by atoms with E-state index in [4.69, 9.17) is 16.3 Å². The first kappa shape index (κ1) is 15.8. The SMILES string of the molecule is CCCOc1ccccc1NC(=O)c1cc(Br)ncc1Cl. The Morgan fingerprint density at radius 3 is 2.95 bits per heavy atom. The lowest BCUT2D eigenvalue weighted by Gasteiger charge is -2.12. The lowest BCUT2D eigenvalue weighted by Crippen LogP contribution is -2.14. The average Bonchev–Trinajstić information content (AvgIpc) is 2.48. The number of halogens is 2. The number of pyridine rings is 1. The van der Waals surface area contributed by atoms with Gasteiger partial charge in [0.2, 0.25) is 0 Å². The number of nitrogens with zero attached hydrogens (tertiary/aromatic N) is 1. The second-order valence-corrected chi connectivity index (χ2v) is 5.51. The zero-order valence-electron chi connectivity index (χ0n) is 11.4. The van der Waals surface area contributed by atoms with Gasteiger partial charge in [-0.05, 0) is 40.5 Å². The molecule has 0 atom stereocenters. The minimum Gasteiger partial charge on any atom is -0.491 e. The molecular weight excluding hydrogens is 356 g/mol. The molecule has 2 rings (SSSR count). The third-order valence-electron chi connectivity index (χ3n) is 2.66. The molecule has 0 spiro atoms. The van der Waals surface area contributed by atoms with E-state index < -0.39 is 0 Å². The number of amides is 1. The third-order valence-corrected chi connectivity index (χ3v) is 3.40. The highest BCUT2D eigenvalue weighted by molar-refractivity contribution is 9.10. The maximum absolute atomic E-state index is 12.3. The number of anilines is 1. The fourth-order valence-electron chi connectivity index (χ4n) is 1.68. The van der Waals surface area contributed by atoms with Crippen molar-refractivity contribution in [3.63, 3.8) is 0 Å². The van der Waals surface area contributed by atoms with Crippen LogP contribution in [0.3, 0.4) is 0 Å². The topological polar surface area (TPSA) is 51.2 Å². The van der Waals surface area contributed by atoms with E-state index in [1.165, 1.54) is 6.20 Å². The van der Waals surface area contributed by atoms with E-state index >= 15 is 0 Å². The normalized spacial score (nSPS) is 10.2. The van der Waals surface area contributed by atoms with Crippen molar-refractivity contribution >= 4 is 39.1 Å². The molecule has 110 valence electrons. The van der Waals surface area contributed by atoms with Gasteiger partial charge in [0.1, 0.15) is 10.4 Å². The molecule has 0 aliphatic carbocycles. The fourth-order valence-corrected chi connectivity index (χ4v) is 2.21. The van der Waals surface area contributed by atoms with Gasteiger partial charge in [0.15, 0.2) is 0 Å². The Morgan fingerprint density at radius 2 is 2.19 bits per heavy atom. The lowest BCUT2D eigenvalue weighted by atomic mass is 10.2. The quantitative estimate of drug-likeness (QED) is 0.787. The van der Waals surface area contributed by atoms with Crippen molar-refractivity contribution in [3.05, 3.63) is 51.7 Å². The van der Waals surface area contributed by atoms with Crippen LogP contribution in [0.1, 0.15) is 23.7 Å². The molecule has 0 unspecified atom stereocenters. The number of carbonyl (C=O) groups excluding carboxylic acids is 1. The summed E-state index contributed by atoms with van der Waals surface area (Å²) in [5.41, 5.74) is 0.962. The summed E-state index contributed by atoms with van der Waals surface area (Å²) in [5.74, 6) is 0.326. The van der Waals surface area contributed by atoms with Gasteiger partial charge in [0.05, 0.1) is 22.9 Å². The van der Waals surface area contributed by atoms with Crippen molar-refractivity contribution in [3.8, 4) is 5.75 Å². The number of para-hydroxylation sites is 2. The fraction of sp³-hybridized carbons (Fsp3) is 0.200. The second kappa shape index (κ2) is 7.43. The highest BCUT2D eigenvalue weighted by Crippen LogP contribution is 2.26. The minimum atomic E-state index is -0.310. The molecule has 0 fully saturated rings. The molecule has 0 saturated carbocycles. The number of ether oxygens (including phenoxy) is 1. The molecule has 0 aliphatic heterocycles. The number of hydrogen-bond donors (Lipinski definition) is 1. The monoisotopic (exact) mass is 368 g/mol. The summed E-state index contributed by atoms with van der Waals surface area (Å²) in [5, 5.41) is 3.10. The van der Waals surface area contributed by atoms with E-state index in [1.54, 1.807) is 12.1 Å². The van der Waals surface area contributed by atoms with Gasteiger partial charge in [0.25, 0.3) is 5.91 Å². The number of hydrogen-bond acceptors (Lipinski definition) is 3. The molecule has 1 amide bonds. The summed E-state index contributed by atoms with van der Waals surface area (Å²) in [4.78, 5) is 16.3. The van der Waals surface area contributed by atoms with E-state index in [-0.39, 0.29) is 5.91 Å². The first-order chi connectivity index (χ1) is 10.1. The predicted octanol–water partition coefficient (Wildman–Crippen LogP) is 4.54. The molecule has 1 heterocycles. The number of carbonyl (C=O) groups is 1. The van der Waals surface area contributed by atoms with Gasteiger partial charge in [-0.1, -0.05) is 30.7 Å². The first-order valence-corrected chi connectivity index (χ1v) is 7.63. The molecule has 2 aromatic rings. The molecule has 0 radical (unpaired) electrons. The van der Waals surface area contributed by atoms with Crippen molar-refractivity contribution in [1.29, 1.82) is 0 Å². The van der Waals surface area contributed by atoms with Crippen LogP contribution in [0.5, 0.6) is 5.75 Å². The van der Waals surface area contributed by atoms with Crippen molar-refractivity contribution in [2.24, 2.45) is 0 Å². The Labute approximate surface area is 136 Å². The Hall–Kier alpha value is -1.59. The van der Waals surface area contributed by atoms with Gasteiger partial charge < -0.3 is 10.1 Å². The van der Waals surface area contributed by atoms with Crippen LogP contribution in [0.15, 0.2) is 41.1 Å². The van der Waals surface area contributed by atoms with Gasteiger partial charge >= 0.3 is 0 Å². The third kappa shape index (κ3) is 4.19. The van der Waals surface area contributed by atoms with Gasteiger partial charge in [0, 0.05) is 6.20 Å². The van der Waals surface area contributed by atoms with Crippen molar-refractivity contribution in [2.75, 3.05) is 11.9 Å². The molecule has 1 N–H and O–H groups in total. The van der Waals surface area contributed by atoms with Crippen LogP contribution in [0.2, 0.25) is 5.02 Å². The summed E-state index contributed by atoms with van der Waals surface area (Å²) in [6.07, 6.45) is 2.32. The van der Waals surface area contributed by atoms with Crippen molar-refractivity contribution < 1.29 is 9.53 Å². The van der Waals surface area contributed by atoms with Gasteiger partial charge in [-0.15, -0.1) is 0 Å². The molecular formula is C15H14BrClN2O2. The first-order valence-electron chi connectivity index (χ1n) is 6.46. The molecule has 0 bridgehead atoms. The van der Waals surface area contributed by atoms with E-state index in [9.17, 15) is 4.79 Å². The summed E-state index contributed by atoms with van der Waals surface area (Å²) < 4.78 is 6.16. The van der Waals surface area contributed by atoms with Crippen LogP contribution in [-0.4, -0.2) is 17.5 Å². The number of aromatic nitrogens is 1. The van der Waals surface area contributed by atoms with Crippen molar-refractivity contribution in [2.45, 2.75) is 13.3 Å². The Balaban J connectivity index is 2.21. The standard InChI is InChI=1S/C15H14BrClN2O2/c1-2-7-21-13-6-4-3-5-12(13)19-15(20)10-8-14(16)18-9-11(10)17/h3-6,8-9H,2,7H2,1H3,(H,19,20). The molecule has 1 aromatic heterocycles. The van der Waals surface area contributed by atoms with E-state index in [0.717, 1.165) is 6.42 Å². The molecule has 4 nitrogen and oxygen atoms in total. The predicted molar refractivity (Wildman–Crippen MR) is 87.1 cm³/mol. The summed E-state index contributed by atoms with van der Waals surface area (Å²) in [6, 6.07) is 8.87. The molecule has 6 heteroatoms. The van der Waals surface area contributed by atoms with Gasteiger partial charge in [-0.2, -0.15) is 0 Å². The van der Waals surface area contributed by atoms with Gasteiger partial charge in [-0.25, -0.2) is 4.98 Å². The number of rotatable bonds is 5. The number of benzene rings is 1. The molecule has 0 aliphatic rings. The van der Waals surface area contributed by atoms with Crippen LogP contribution < -0.4 is 10.1 Å². The highest BCUT2D eigenvalue weighted by atomic mass is 79.9. The molecule has 21 heavy (non-hydrogen) atoms. The zero-order valence-corrected chi connectivity index (χ0v) is 13.7. The van der Waals surface area contributed by atoms with Crippen LogP contribution >= 0.6 is 27.5 Å². The smallest absolute Gasteiger partial charge is 0.257 e. The van der Waals surface area contributed by atoms with Crippen LogP contribution in [0, 0.1) is 0 Å². The average molecular weight is 370 g/mol. The minimum absolute atomic E-state index is 0.294. The summed E-state index contributed by atoms with van der Waals surface area (Å²) in [7, 11) is 0. The lowest BCUT2D eigenvalue weighted by molar-refractivity contribution is 0.102. The Morgan fingerprint density at radius 1 is 1.43 bits per heavy atom.